The SMILES string of the molecule is CN[C@@H]1[C@@H](O)[C@@H](O[C@@H]2[C@@H](O)[C@H](O[C@H]3O[C@H]([C@H](C)N)CC[C@H]3N)[C@@H](N)C[C@H]2N)OC[C@]1(C)O. The number of hydrogen-bond donors (Lipinski definition) is 8. The second-order valence-corrected chi connectivity index (χ2v) is 9.69. The summed E-state index contributed by atoms with van der Waals surface area (Å²) in [6, 6.07) is -2.47. The number of nitrogens with one attached hydrogen (secondary N) is 1. The van der Waals surface area contributed by atoms with Gasteiger partial charge in [-0.3, -0.25) is 0 Å². The monoisotopic (exact) mass is 463 g/mol. The first kappa shape index (κ1) is 26.1. The zero-order chi connectivity index (χ0) is 23.8. The van der Waals surface area contributed by atoms with Crippen LogP contribution in [0.2, 0.25) is 0 Å². The van der Waals surface area contributed by atoms with Crippen molar-refractivity contribution in [2.75, 3.05) is 13.7 Å². The third-order valence-electron chi connectivity index (χ3n) is 6.81. The third-order valence-corrected chi connectivity index (χ3v) is 6.81. The Morgan fingerprint density at radius 2 is 1.59 bits per heavy atom. The van der Waals surface area contributed by atoms with Crippen LogP contribution in [0.25, 0.3) is 0 Å². The van der Waals surface area contributed by atoms with E-state index in [0.29, 0.717) is 12.8 Å². The quantitative estimate of drug-likeness (QED) is 0.192. The van der Waals surface area contributed by atoms with Crippen LogP contribution in [0.3, 0.4) is 0 Å². The molecule has 13 atom stereocenters. The molecule has 0 aromatic rings. The van der Waals surface area contributed by atoms with Crippen molar-refractivity contribution in [3.8, 4) is 0 Å². The lowest BCUT2D eigenvalue weighted by molar-refractivity contribution is -0.307. The summed E-state index contributed by atoms with van der Waals surface area (Å²) in [4.78, 5) is 0. The number of aliphatic hydroxyl groups excluding tert-OH is 2. The largest absolute Gasteiger partial charge is 0.388 e. The zero-order valence-electron chi connectivity index (χ0n) is 19.0. The van der Waals surface area contributed by atoms with E-state index in [1.165, 1.54) is 0 Å². The predicted molar refractivity (Wildman–Crippen MR) is 115 cm³/mol. The standard InChI is InChI=1S/C20H41N5O7/c1-8(21)12-5-4-9(22)18(30-12)31-15-10(23)6-11(24)16(13(15)26)32-19-14(27)17(25-3)20(2,28)7-29-19/h8-19,25-28H,4-7,21-24H2,1-3H3/t8-,9+,10-,11+,12-,13-,14+,15+,16-,17+,18+,19+,20-/m0/s1. The minimum atomic E-state index is -1.29. The van der Waals surface area contributed by atoms with Gasteiger partial charge in [0.15, 0.2) is 12.6 Å². The summed E-state index contributed by atoms with van der Waals surface area (Å²) in [5.74, 6) is 0. The van der Waals surface area contributed by atoms with Crippen molar-refractivity contribution in [1.82, 2.24) is 5.32 Å². The van der Waals surface area contributed by atoms with Crippen molar-refractivity contribution in [3.05, 3.63) is 0 Å². The van der Waals surface area contributed by atoms with Gasteiger partial charge in [-0.15, -0.1) is 0 Å². The molecule has 12 N–H and O–H groups in total. The second kappa shape index (κ2) is 10.4. The Morgan fingerprint density at radius 3 is 2.16 bits per heavy atom. The lowest BCUT2D eigenvalue weighted by Crippen LogP contribution is -2.68. The van der Waals surface area contributed by atoms with Crippen LogP contribution in [-0.2, 0) is 18.9 Å². The van der Waals surface area contributed by atoms with E-state index in [4.69, 9.17) is 41.9 Å². The summed E-state index contributed by atoms with van der Waals surface area (Å²) in [6.07, 6.45) is -4.58. The van der Waals surface area contributed by atoms with Gasteiger partial charge in [-0.1, -0.05) is 0 Å². The fourth-order valence-electron chi connectivity index (χ4n) is 4.87. The van der Waals surface area contributed by atoms with Crippen LogP contribution < -0.4 is 28.3 Å². The normalized spacial score (nSPS) is 51.4. The highest BCUT2D eigenvalue weighted by Gasteiger charge is 2.50. The highest BCUT2D eigenvalue weighted by molar-refractivity contribution is 5.02. The lowest BCUT2D eigenvalue weighted by atomic mass is 9.84. The lowest BCUT2D eigenvalue weighted by Gasteiger charge is -2.48. The second-order valence-electron chi connectivity index (χ2n) is 9.69. The fourth-order valence-corrected chi connectivity index (χ4v) is 4.87. The van der Waals surface area contributed by atoms with Crippen molar-refractivity contribution >= 4 is 0 Å². The van der Waals surface area contributed by atoms with Crippen LogP contribution >= 0.6 is 0 Å². The molecule has 0 unspecified atom stereocenters. The molecule has 32 heavy (non-hydrogen) atoms. The Kier molecular flexibility index (Phi) is 8.51. The van der Waals surface area contributed by atoms with Crippen molar-refractivity contribution in [2.24, 2.45) is 22.9 Å². The number of nitrogens with two attached hydrogens (primary N) is 4. The Bertz CT molecular complexity index is 615. The molecule has 2 aliphatic heterocycles. The maximum atomic E-state index is 11.1. The van der Waals surface area contributed by atoms with E-state index in [-0.39, 0.29) is 24.8 Å². The molecule has 0 spiro atoms. The molecule has 3 rings (SSSR count). The minimum absolute atomic E-state index is 0.0683. The fraction of sp³-hybridized carbons (Fsp3) is 1.00. The summed E-state index contributed by atoms with van der Waals surface area (Å²) in [7, 11) is 1.62. The molecule has 3 aliphatic rings. The maximum Gasteiger partial charge on any atom is 0.185 e. The number of hydrogen-bond acceptors (Lipinski definition) is 12. The van der Waals surface area contributed by atoms with Crippen molar-refractivity contribution in [2.45, 2.75) is 112 Å². The molecule has 12 nitrogen and oxygen atoms in total. The molecular formula is C20H41N5O7. The molecule has 0 bridgehead atoms. The third kappa shape index (κ3) is 5.43. The summed E-state index contributed by atoms with van der Waals surface area (Å²) in [5, 5.41) is 35.0. The van der Waals surface area contributed by atoms with Crippen molar-refractivity contribution in [3.63, 3.8) is 0 Å². The van der Waals surface area contributed by atoms with E-state index >= 15 is 0 Å². The predicted octanol–water partition coefficient (Wildman–Crippen LogP) is -3.59. The van der Waals surface area contributed by atoms with Crippen LogP contribution in [-0.4, -0.2) is 108 Å². The highest BCUT2D eigenvalue weighted by atomic mass is 16.7. The average molecular weight is 464 g/mol. The summed E-state index contributed by atoms with van der Waals surface area (Å²) in [6.45, 7) is 3.34. The van der Waals surface area contributed by atoms with Crippen molar-refractivity contribution in [1.29, 1.82) is 0 Å². The molecule has 188 valence electrons. The number of aliphatic hydroxyl groups is 3. The highest BCUT2D eigenvalue weighted by Crippen LogP contribution is 2.31. The first-order chi connectivity index (χ1) is 15.0. The van der Waals surface area contributed by atoms with Gasteiger partial charge in [-0.25, -0.2) is 0 Å². The number of likely N-dealkylation sites (N-methyl/N-ethyl adjacent to an activating group) is 1. The van der Waals surface area contributed by atoms with Crippen LogP contribution in [0.5, 0.6) is 0 Å². The van der Waals surface area contributed by atoms with Gasteiger partial charge in [0.25, 0.3) is 0 Å². The molecule has 1 saturated carbocycles. The maximum absolute atomic E-state index is 11.1. The van der Waals surface area contributed by atoms with Gasteiger partial charge in [0.2, 0.25) is 0 Å². The Morgan fingerprint density at radius 1 is 1.00 bits per heavy atom. The van der Waals surface area contributed by atoms with Gasteiger partial charge in [-0.05, 0) is 40.2 Å². The smallest absolute Gasteiger partial charge is 0.185 e. The molecule has 3 fully saturated rings. The van der Waals surface area contributed by atoms with E-state index in [1.807, 2.05) is 6.92 Å². The minimum Gasteiger partial charge on any atom is -0.388 e. The topological polar surface area (TPSA) is 214 Å². The number of ether oxygens (including phenoxy) is 4. The first-order valence-corrected chi connectivity index (χ1v) is 11.3. The summed E-state index contributed by atoms with van der Waals surface area (Å²) in [5.41, 5.74) is 23.3. The molecule has 2 heterocycles. The van der Waals surface area contributed by atoms with E-state index < -0.39 is 60.7 Å². The Balaban J connectivity index is 1.69. The summed E-state index contributed by atoms with van der Waals surface area (Å²) >= 11 is 0. The molecule has 1 aliphatic carbocycles. The van der Waals surface area contributed by atoms with E-state index in [0.717, 1.165) is 6.42 Å². The van der Waals surface area contributed by atoms with E-state index in [1.54, 1.807) is 14.0 Å². The molecule has 0 radical (unpaired) electrons. The van der Waals surface area contributed by atoms with Gasteiger partial charge in [0.05, 0.1) is 24.8 Å². The molecular weight excluding hydrogens is 422 g/mol. The average Bonchev–Trinajstić information content (AvgIpc) is 2.71. The Labute approximate surface area is 188 Å². The molecule has 0 amide bonds. The molecule has 2 saturated heterocycles. The molecule has 0 aromatic carbocycles. The van der Waals surface area contributed by atoms with Crippen LogP contribution in [0.4, 0.5) is 0 Å². The van der Waals surface area contributed by atoms with Gasteiger partial charge in [-0.2, -0.15) is 0 Å². The van der Waals surface area contributed by atoms with Gasteiger partial charge in [0.1, 0.15) is 30.0 Å². The van der Waals surface area contributed by atoms with Crippen LogP contribution in [0, 0.1) is 0 Å². The van der Waals surface area contributed by atoms with E-state index in [9.17, 15) is 15.3 Å². The Hall–Kier alpha value is -0.480. The molecule has 0 aromatic heterocycles. The van der Waals surface area contributed by atoms with Crippen molar-refractivity contribution < 1.29 is 34.3 Å². The van der Waals surface area contributed by atoms with Gasteiger partial charge in [0, 0.05) is 18.1 Å². The van der Waals surface area contributed by atoms with E-state index in [2.05, 4.69) is 5.32 Å². The van der Waals surface area contributed by atoms with Gasteiger partial charge >= 0.3 is 0 Å². The molecule has 12 heteroatoms. The van der Waals surface area contributed by atoms with Gasteiger partial charge < -0.3 is 62.5 Å². The zero-order valence-corrected chi connectivity index (χ0v) is 19.0. The van der Waals surface area contributed by atoms with Crippen LogP contribution in [0.1, 0.15) is 33.1 Å². The first-order valence-electron chi connectivity index (χ1n) is 11.3. The van der Waals surface area contributed by atoms with Crippen LogP contribution in [0.15, 0.2) is 0 Å². The number of rotatable bonds is 6. The summed E-state index contributed by atoms with van der Waals surface area (Å²) < 4.78 is 23.4.